The molecule has 1 fully saturated rings. The minimum atomic E-state index is -1.32. The van der Waals surface area contributed by atoms with Crippen LogP contribution in [0.1, 0.15) is 12.0 Å². The van der Waals surface area contributed by atoms with Crippen molar-refractivity contribution in [3.63, 3.8) is 0 Å². The number of β-amino-alcohol motifs (C(OH)–C–C–N with tert-alkyl or cyclic N) is 1. The first-order chi connectivity index (χ1) is 7.51. The van der Waals surface area contributed by atoms with Gasteiger partial charge < -0.3 is 15.5 Å². The zero-order valence-corrected chi connectivity index (χ0v) is 8.40. The van der Waals surface area contributed by atoms with Crippen molar-refractivity contribution in [1.29, 1.82) is 0 Å². The molecule has 0 spiro atoms. The van der Waals surface area contributed by atoms with Crippen LogP contribution >= 0.6 is 0 Å². The molecule has 0 bridgehead atoms. The fraction of sp³-hybridized carbons (Fsp3) is 0.364. The highest BCUT2D eigenvalue weighted by Crippen LogP contribution is 2.30. The number of aliphatic hydroxyl groups is 1. The molecule has 16 heavy (non-hydrogen) atoms. The third-order valence-electron chi connectivity index (χ3n) is 2.78. The second-order valence-electron chi connectivity index (χ2n) is 3.93. The molecule has 0 aliphatic carbocycles. The summed E-state index contributed by atoms with van der Waals surface area (Å²) in [6, 6.07) is 5.62. The maximum absolute atomic E-state index is 12.9. The lowest BCUT2D eigenvalue weighted by Crippen LogP contribution is -2.30. The van der Waals surface area contributed by atoms with Crippen LogP contribution in [0.4, 0.5) is 4.39 Å². The van der Waals surface area contributed by atoms with Gasteiger partial charge in [-0.2, -0.15) is 0 Å². The number of benzene rings is 1. The molecule has 0 saturated carbocycles. The second-order valence-corrected chi connectivity index (χ2v) is 3.93. The molecule has 2 rings (SSSR count). The third-order valence-corrected chi connectivity index (χ3v) is 2.78. The van der Waals surface area contributed by atoms with Crippen LogP contribution in [0.15, 0.2) is 18.2 Å². The standard InChI is InChI=1S/C11H11FNO3/c12-8-3-1-2-7(4-8)11(16)5-9(10(14)15)13-6-11/h1-2,4,9,13,16H,5-6H2,(H,14,15)/t9-,11-/m0/s1. The number of carbonyl (C=O) groups is 1. The molecule has 1 aromatic rings. The van der Waals surface area contributed by atoms with Crippen LogP contribution in [0.3, 0.4) is 0 Å². The fourth-order valence-electron chi connectivity index (χ4n) is 1.90. The van der Waals surface area contributed by atoms with E-state index >= 15 is 0 Å². The van der Waals surface area contributed by atoms with Crippen LogP contribution in [-0.4, -0.2) is 28.8 Å². The first kappa shape index (κ1) is 11.0. The van der Waals surface area contributed by atoms with Gasteiger partial charge in [0.05, 0.1) is 0 Å². The minimum Gasteiger partial charge on any atom is -0.480 e. The van der Waals surface area contributed by atoms with Gasteiger partial charge in [-0.3, -0.25) is 4.79 Å². The number of carboxylic acid groups (broad SMARTS) is 1. The third kappa shape index (κ3) is 1.91. The van der Waals surface area contributed by atoms with Crippen LogP contribution in [0.5, 0.6) is 0 Å². The smallest absolute Gasteiger partial charge is 0.320 e. The predicted molar refractivity (Wildman–Crippen MR) is 53.2 cm³/mol. The van der Waals surface area contributed by atoms with Gasteiger partial charge in [-0.15, -0.1) is 0 Å². The molecule has 1 aliphatic heterocycles. The number of hydrogen-bond acceptors (Lipinski definition) is 3. The Hall–Kier alpha value is -1.46. The first-order valence-corrected chi connectivity index (χ1v) is 4.87. The number of hydrogen-bond donors (Lipinski definition) is 3. The number of carboxylic acids is 1. The molecule has 3 N–H and O–H groups in total. The molecule has 4 nitrogen and oxygen atoms in total. The van der Waals surface area contributed by atoms with Crippen molar-refractivity contribution < 1.29 is 19.4 Å². The lowest BCUT2D eigenvalue weighted by Gasteiger charge is -2.21. The average molecular weight is 224 g/mol. The summed E-state index contributed by atoms with van der Waals surface area (Å²) < 4.78 is 12.9. The topological polar surface area (TPSA) is 69.6 Å². The van der Waals surface area contributed by atoms with Crippen molar-refractivity contribution in [2.75, 3.05) is 6.54 Å². The Kier molecular flexibility index (Phi) is 2.65. The van der Waals surface area contributed by atoms with Crippen LogP contribution in [-0.2, 0) is 10.4 Å². The zero-order valence-electron chi connectivity index (χ0n) is 8.40. The summed E-state index contributed by atoms with van der Waals surface area (Å²) in [5.41, 5.74) is -0.945. The minimum absolute atomic E-state index is 0.0335. The van der Waals surface area contributed by atoms with Crippen molar-refractivity contribution in [3.8, 4) is 0 Å². The van der Waals surface area contributed by atoms with E-state index < -0.39 is 23.4 Å². The summed E-state index contributed by atoms with van der Waals surface area (Å²) in [7, 11) is 0. The van der Waals surface area contributed by atoms with E-state index in [0.29, 0.717) is 5.56 Å². The largest absolute Gasteiger partial charge is 0.480 e. The molecular weight excluding hydrogens is 213 g/mol. The van der Waals surface area contributed by atoms with E-state index in [-0.39, 0.29) is 13.0 Å². The van der Waals surface area contributed by atoms with Gasteiger partial charge in [0.15, 0.2) is 0 Å². The van der Waals surface area contributed by atoms with Gasteiger partial charge in [0.25, 0.3) is 0 Å². The molecule has 1 radical (unpaired) electrons. The molecule has 85 valence electrons. The Morgan fingerprint density at radius 2 is 2.44 bits per heavy atom. The van der Waals surface area contributed by atoms with E-state index in [2.05, 4.69) is 11.4 Å². The second kappa shape index (κ2) is 3.84. The fourth-order valence-corrected chi connectivity index (χ4v) is 1.90. The number of halogens is 1. The van der Waals surface area contributed by atoms with Gasteiger partial charge in [-0.1, -0.05) is 12.1 Å². The number of nitrogens with one attached hydrogen (secondary N) is 1. The summed E-state index contributed by atoms with van der Waals surface area (Å²) in [6.45, 7) is 0.105. The van der Waals surface area contributed by atoms with Crippen LogP contribution in [0.2, 0.25) is 0 Å². The summed E-state index contributed by atoms with van der Waals surface area (Å²) in [5, 5.41) is 21.7. The number of aliphatic carboxylic acids is 1. The van der Waals surface area contributed by atoms with Crippen molar-refractivity contribution in [3.05, 3.63) is 35.6 Å². The van der Waals surface area contributed by atoms with Gasteiger partial charge in [0, 0.05) is 19.0 Å². The Morgan fingerprint density at radius 3 is 3.00 bits per heavy atom. The van der Waals surface area contributed by atoms with Gasteiger partial charge in [0.2, 0.25) is 0 Å². The maximum atomic E-state index is 12.9. The molecule has 5 heteroatoms. The molecule has 1 saturated heterocycles. The monoisotopic (exact) mass is 224 g/mol. The Morgan fingerprint density at radius 1 is 1.69 bits per heavy atom. The summed E-state index contributed by atoms with van der Waals surface area (Å²) >= 11 is 0. The number of rotatable bonds is 2. The Balaban J connectivity index is 2.24. The molecular formula is C11H11FNO3. The molecule has 0 aromatic heterocycles. The zero-order chi connectivity index (χ0) is 11.8. The quantitative estimate of drug-likeness (QED) is 0.674. The molecule has 1 aliphatic rings. The summed E-state index contributed by atoms with van der Waals surface area (Å²) in [6.07, 6.45) is 0.0335. The lowest BCUT2D eigenvalue weighted by atomic mass is 9.91. The molecule has 0 unspecified atom stereocenters. The highest BCUT2D eigenvalue weighted by atomic mass is 19.1. The molecule has 2 atom stereocenters. The van der Waals surface area contributed by atoms with E-state index in [1.807, 2.05) is 0 Å². The van der Waals surface area contributed by atoms with Crippen molar-refractivity contribution in [2.45, 2.75) is 18.1 Å². The van der Waals surface area contributed by atoms with Gasteiger partial charge in [0.1, 0.15) is 17.5 Å². The van der Waals surface area contributed by atoms with Gasteiger partial charge in [-0.25, -0.2) is 4.39 Å². The van der Waals surface area contributed by atoms with Crippen molar-refractivity contribution >= 4 is 5.97 Å². The predicted octanol–water partition coefficient (Wildman–Crippen LogP) is 0.260. The van der Waals surface area contributed by atoms with E-state index in [1.165, 1.54) is 18.2 Å². The van der Waals surface area contributed by atoms with Crippen molar-refractivity contribution in [2.24, 2.45) is 0 Å². The normalized spacial score (nSPS) is 29.2. The van der Waals surface area contributed by atoms with Crippen LogP contribution in [0.25, 0.3) is 0 Å². The molecule has 0 amide bonds. The van der Waals surface area contributed by atoms with Crippen LogP contribution in [0, 0.1) is 11.9 Å². The summed E-state index contributed by atoms with van der Waals surface area (Å²) in [5.74, 6) is -1.58. The van der Waals surface area contributed by atoms with E-state index in [4.69, 9.17) is 5.11 Å². The molecule has 1 aromatic carbocycles. The average Bonchev–Trinajstić information content (AvgIpc) is 2.63. The highest BCUT2D eigenvalue weighted by molar-refractivity contribution is 5.74. The Labute approximate surface area is 91.7 Å². The summed E-state index contributed by atoms with van der Waals surface area (Å²) in [4.78, 5) is 10.7. The van der Waals surface area contributed by atoms with Crippen molar-refractivity contribution in [1.82, 2.24) is 5.32 Å². The molecule has 1 heterocycles. The van der Waals surface area contributed by atoms with E-state index in [0.717, 1.165) is 0 Å². The highest BCUT2D eigenvalue weighted by Gasteiger charge is 2.41. The van der Waals surface area contributed by atoms with Crippen LogP contribution < -0.4 is 5.32 Å². The maximum Gasteiger partial charge on any atom is 0.320 e. The SMILES string of the molecule is O=C(O)[C@@H]1C[C@@](O)(c2cc[c]c(F)c2)CN1. The van der Waals surface area contributed by atoms with Gasteiger partial charge in [-0.05, 0) is 11.6 Å². The first-order valence-electron chi connectivity index (χ1n) is 4.87. The lowest BCUT2D eigenvalue weighted by molar-refractivity contribution is -0.139. The van der Waals surface area contributed by atoms with E-state index in [1.54, 1.807) is 0 Å². The Bertz CT molecular complexity index is 423. The van der Waals surface area contributed by atoms with E-state index in [9.17, 15) is 14.3 Å². The van der Waals surface area contributed by atoms with Gasteiger partial charge >= 0.3 is 5.97 Å².